The number of nitrogens with one attached hydrogen (secondary N) is 1. The van der Waals surface area contributed by atoms with Crippen LogP contribution in [-0.4, -0.2) is 27.8 Å². The number of aromatic nitrogens is 1. The lowest BCUT2D eigenvalue weighted by Gasteiger charge is -2.11. The molecule has 2 aromatic rings. The van der Waals surface area contributed by atoms with Gasteiger partial charge in [-0.3, -0.25) is 14.9 Å². The quantitative estimate of drug-likeness (QED) is 0.605. The Balaban J connectivity index is 1.54. The van der Waals surface area contributed by atoms with E-state index in [1.54, 1.807) is 24.4 Å². The molecule has 3 rings (SSSR count). The van der Waals surface area contributed by atoms with Crippen molar-refractivity contribution >= 4 is 51.5 Å². The molecule has 0 radical (unpaired) electrons. The van der Waals surface area contributed by atoms with Crippen LogP contribution >= 0.6 is 34.5 Å². The Morgan fingerprint density at radius 2 is 2.00 bits per heavy atom. The van der Waals surface area contributed by atoms with Gasteiger partial charge >= 0.3 is 5.97 Å². The summed E-state index contributed by atoms with van der Waals surface area (Å²) in [5, 5.41) is 4.62. The van der Waals surface area contributed by atoms with Crippen LogP contribution in [0.3, 0.4) is 0 Å². The van der Waals surface area contributed by atoms with E-state index >= 15 is 0 Å². The van der Waals surface area contributed by atoms with E-state index < -0.39 is 28.2 Å². The maximum atomic E-state index is 12.9. The fraction of sp³-hybridized carbons (Fsp3) is 0.312. The smallest absolute Gasteiger partial charge is 0.315 e. The molecule has 1 aromatic heterocycles. The molecule has 1 aliphatic rings. The van der Waals surface area contributed by atoms with Crippen LogP contribution in [0.4, 0.5) is 9.52 Å². The van der Waals surface area contributed by atoms with Gasteiger partial charge < -0.3 is 4.74 Å². The van der Waals surface area contributed by atoms with E-state index in [1.807, 2.05) is 0 Å². The lowest BCUT2D eigenvalue weighted by atomic mass is 10.1. The van der Waals surface area contributed by atoms with Gasteiger partial charge in [0.2, 0.25) is 0 Å². The SMILES string of the molecule is C[C@]1(C(=O)OCC(=O)Nc2nc(-c3ccc(F)cc3)cs2)CC1(Cl)Cl. The Labute approximate surface area is 157 Å². The highest BCUT2D eigenvalue weighted by molar-refractivity contribution is 7.14. The first kappa shape index (κ1) is 18.1. The number of esters is 1. The van der Waals surface area contributed by atoms with Crippen LogP contribution in [0.2, 0.25) is 0 Å². The molecule has 1 atom stereocenters. The summed E-state index contributed by atoms with van der Waals surface area (Å²) in [6.45, 7) is 1.13. The number of halogens is 3. The van der Waals surface area contributed by atoms with Crippen LogP contribution < -0.4 is 5.32 Å². The Bertz CT molecular complexity index is 825. The highest BCUT2D eigenvalue weighted by Crippen LogP contribution is 2.64. The largest absolute Gasteiger partial charge is 0.455 e. The van der Waals surface area contributed by atoms with Gasteiger partial charge in [0.25, 0.3) is 5.91 Å². The van der Waals surface area contributed by atoms with Crippen molar-refractivity contribution in [1.29, 1.82) is 0 Å². The van der Waals surface area contributed by atoms with Gasteiger partial charge in [0.05, 0.1) is 5.69 Å². The zero-order chi connectivity index (χ0) is 18.2. The van der Waals surface area contributed by atoms with Gasteiger partial charge in [0.1, 0.15) is 15.6 Å². The maximum Gasteiger partial charge on any atom is 0.315 e. The molecule has 5 nitrogen and oxygen atoms in total. The minimum absolute atomic E-state index is 0.289. The lowest BCUT2D eigenvalue weighted by Crippen LogP contribution is -2.26. The first-order chi connectivity index (χ1) is 11.7. The molecular weight excluding hydrogens is 390 g/mol. The number of nitrogens with zero attached hydrogens (tertiary/aromatic N) is 1. The molecule has 0 bridgehead atoms. The Kier molecular flexibility index (Phi) is 4.74. The molecule has 132 valence electrons. The Hall–Kier alpha value is -1.70. The molecule has 1 aromatic carbocycles. The van der Waals surface area contributed by atoms with Gasteiger partial charge in [-0.2, -0.15) is 0 Å². The standard InChI is InChI=1S/C16H13Cl2FN2O3S/c1-15(8-16(15,17)18)13(23)24-6-12(22)21-14-20-11(7-25-14)9-2-4-10(19)5-3-9/h2-5,7H,6,8H2,1H3,(H,20,21,22)/t15-/m1/s1. The molecule has 9 heteroatoms. The molecule has 25 heavy (non-hydrogen) atoms. The molecule has 1 N–H and O–H groups in total. The van der Waals surface area contributed by atoms with Gasteiger partial charge in [-0.15, -0.1) is 34.5 Å². The number of hydrogen-bond donors (Lipinski definition) is 1. The van der Waals surface area contributed by atoms with Crippen LogP contribution in [0.25, 0.3) is 11.3 Å². The van der Waals surface area contributed by atoms with Crippen LogP contribution in [0.1, 0.15) is 13.3 Å². The topological polar surface area (TPSA) is 68.3 Å². The molecular formula is C16H13Cl2FN2O3S. The number of rotatable bonds is 5. The number of alkyl halides is 2. The van der Waals surface area contributed by atoms with Crippen molar-refractivity contribution in [3.05, 3.63) is 35.5 Å². The predicted molar refractivity (Wildman–Crippen MR) is 94.3 cm³/mol. The second-order valence-corrected chi connectivity index (χ2v) is 8.22. The second kappa shape index (κ2) is 6.55. The third-order valence-corrected chi connectivity index (χ3v) is 5.79. The van der Waals surface area contributed by atoms with E-state index in [-0.39, 0.29) is 12.2 Å². The van der Waals surface area contributed by atoms with Gasteiger partial charge in [-0.1, -0.05) is 0 Å². The van der Waals surface area contributed by atoms with Gasteiger partial charge in [-0.25, -0.2) is 9.37 Å². The fourth-order valence-electron chi connectivity index (χ4n) is 2.15. The average molecular weight is 403 g/mol. The van der Waals surface area contributed by atoms with E-state index in [4.69, 9.17) is 27.9 Å². The highest BCUT2D eigenvalue weighted by Gasteiger charge is 2.69. The summed E-state index contributed by atoms with van der Waals surface area (Å²) >= 11 is 13.0. The van der Waals surface area contributed by atoms with Crippen LogP contribution in [-0.2, 0) is 14.3 Å². The van der Waals surface area contributed by atoms with Crippen molar-refractivity contribution in [3.63, 3.8) is 0 Å². The summed E-state index contributed by atoms with van der Waals surface area (Å²) < 4.78 is 16.8. The van der Waals surface area contributed by atoms with E-state index in [2.05, 4.69) is 10.3 Å². The van der Waals surface area contributed by atoms with E-state index in [9.17, 15) is 14.0 Å². The van der Waals surface area contributed by atoms with Crippen LogP contribution in [0.15, 0.2) is 29.6 Å². The summed E-state index contributed by atoms with van der Waals surface area (Å²) in [4.78, 5) is 28.0. The number of amides is 1. The zero-order valence-corrected chi connectivity index (χ0v) is 15.3. The number of hydrogen-bond acceptors (Lipinski definition) is 5. The number of carbonyl (C=O) groups excluding carboxylic acids is 2. The lowest BCUT2D eigenvalue weighted by molar-refractivity contribution is -0.152. The Morgan fingerprint density at radius 3 is 2.60 bits per heavy atom. The highest BCUT2D eigenvalue weighted by atomic mass is 35.5. The van der Waals surface area contributed by atoms with Crippen molar-refractivity contribution in [1.82, 2.24) is 4.98 Å². The summed E-state index contributed by atoms with van der Waals surface area (Å²) in [5.41, 5.74) is 0.358. The van der Waals surface area contributed by atoms with Crippen molar-refractivity contribution in [2.75, 3.05) is 11.9 Å². The monoisotopic (exact) mass is 402 g/mol. The van der Waals surface area contributed by atoms with E-state index in [1.165, 1.54) is 23.5 Å². The van der Waals surface area contributed by atoms with Crippen LogP contribution in [0, 0.1) is 11.2 Å². The first-order valence-electron chi connectivity index (χ1n) is 7.28. The minimum atomic E-state index is -1.14. The van der Waals surface area contributed by atoms with Gasteiger partial charge in [0, 0.05) is 17.4 Å². The zero-order valence-electron chi connectivity index (χ0n) is 13.0. The third-order valence-electron chi connectivity index (χ3n) is 3.93. The van der Waals surface area contributed by atoms with Crippen molar-refractivity contribution < 1.29 is 18.7 Å². The maximum absolute atomic E-state index is 12.9. The summed E-state index contributed by atoms with van der Waals surface area (Å²) in [7, 11) is 0. The minimum Gasteiger partial charge on any atom is -0.455 e. The molecule has 0 aliphatic heterocycles. The van der Waals surface area contributed by atoms with Crippen molar-refractivity contribution in [2.45, 2.75) is 17.7 Å². The molecule has 1 heterocycles. The molecule has 1 saturated carbocycles. The average Bonchev–Trinajstić information content (AvgIpc) is 2.88. The Morgan fingerprint density at radius 1 is 1.36 bits per heavy atom. The number of ether oxygens (including phenoxy) is 1. The van der Waals surface area contributed by atoms with Crippen molar-refractivity contribution in [2.24, 2.45) is 5.41 Å². The van der Waals surface area contributed by atoms with Crippen molar-refractivity contribution in [3.8, 4) is 11.3 Å². The molecule has 1 fully saturated rings. The second-order valence-electron chi connectivity index (χ2n) is 5.88. The van der Waals surface area contributed by atoms with Gasteiger partial charge in [0.15, 0.2) is 11.7 Å². The molecule has 1 aliphatic carbocycles. The normalized spacial score (nSPS) is 20.8. The molecule has 0 unspecified atom stereocenters. The van der Waals surface area contributed by atoms with E-state index in [0.29, 0.717) is 10.8 Å². The summed E-state index contributed by atoms with van der Waals surface area (Å²) in [6.07, 6.45) is 0.289. The third kappa shape index (κ3) is 3.78. The predicted octanol–water partition coefficient (Wildman–Crippen LogP) is 4.01. The number of anilines is 1. The van der Waals surface area contributed by atoms with Crippen LogP contribution in [0.5, 0.6) is 0 Å². The fourth-order valence-corrected chi connectivity index (χ4v) is 3.58. The number of carbonyl (C=O) groups is 2. The molecule has 0 saturated heterocycles. The summed E-state index contributed by atoms with van der Waals surface area (Å²) in [5.74, 6) is -1.47. The molecule has 0 spiro atoms. The van der Waals surface area contributed by atoms with E-state index in [0.717, 1.165) is 5.56 Å². The number of thiazole rings is 1. The van der Waals surface area contributed by atoms with Gasteiger partial charge in [-0.05, 0) is 31.2 Å². The molecule has 1 amide bonds. The first-order valence-corrected chi connectivity index (χ1v) is 8.91. The summed E-state index contributed by atoms with van der Waals surface area (Å²) in [6, 6.07) is 5.86. The number of benzene rings is 1.